The first-order valence-electron chi connectivity index (χ1n) is 9.49. The molecule has 154 valence electrons. The summed E-state index contributed by atoms with van der Waals surface area (Å²) in [5.74, 6) is -0.328. The zero-order valence-electron chi connectivity index (χ0n) is 15.6. The molecule has 1 saturated heterocycles. The molecule has 1 atom stereocenters. The largest absolute Gasteiger partial charge is 0.433 e. The molecule has 1 aliphatic carbocycles. The van der Waals surface area contributed by atoms with Gasteiger partial charge in [0.1, 0.15) is 0 Å². The summed E-state index contributed by atoms with van der Waals surface area (Å²) in [7, 11) is 0. The van der Waals surface area contributed by atoms with Crippen LogP contribution in [0.4, 0.5) is 13.2 Å². The highest BCUT2D eigenvalue weighted by Gasteiger charge is 2.38. The van der Waals surface area contributed by atoms with Crippen LogP contribution < -0.4 is 5.32 Å². The lowest BCUT2D eigenvalue weighted by Crippen LogP contribution is -2.33. The molecule has 2 aliphatic rings. The number of fused-ring (bicyclic) bond motifs is 3. The van der Waals surface area contributed by atoms with Gasteiger partial charge in [-0.1, -0.05) is 36.0 Å². The molecule has 9 heteroatoms. The molecule has 0 spiro atoms. The Morgan fingerprint density at radius 1 is 1.24 bits per heavy atom. The van der Waals surface area contributed by atoms with Crippen LogP contribution in [0.2, 0.25) is 0 Å². The molecule has 1 aliphatic heterocycles. The molecule has 0 bridgehead atoms. The number of carbonyl (C=O) groups is 1. The monoisotopic (exact) mass is 423 g/mol. The molecule has 1 aromatic carbocycles. The van der Waals surface area contributed by atoms with Gasteiger partial charge in [-0.05, 0) is 31.2 Å². The summed E-state index contributed by atoms with van der Waals surface area (Å²) >= 11 is 0.914. The van der Waals surface area contributed by atoms with Crippen molar-refractivity contribution in [1.82, 2.24) is 15.3 Å². The van der Waals surface area contributed by atoms with Gasteiger partial charge in [-0.3, -0.25) is 4.79 Å². The Morgan fingerprint density at radius 2 is 2.07 bits per heavy atom. The first-order valence-corrected chi connectivity index (χ1v) is 10.5. The number of thioether (sulfide) groups is 1. The zero-order chi connectivity index (χ0) is 20.4. The van der Waals surface area contributed by atoms with Gasteiger partial charge in [0.25, 0.3) is 0 Å². The molecule has 1 N–H and O–H groups in total. The number of halogens is 3. The van der Waals surface area contributed by atoms with Gasteiger partial charge in [-0.25, -0.2) is 9.97 Å². The third-order valence-electron chi connectivity index (χ3n) is 5.06. The molecule has 5 nitrogen and oxygen atoms in total. The van der Waals surface area contributed by atoms with Gasteiger partial charge in [0, 0.05) is 24.3 Å². The molecule has 0 radical (unpaired) electrons. The maximum absolute atomic E-state index is 13.6. The van der Waals surface area contributed by atoms with Crippen molar-refractivity contribution >= 4 is 17.7 Å². The first-order chi connectivity index (χ1) is 13.9. The van der Waals surface area contributed by atoms with Crippen molar-refractivity contribution in [2.24, 2.45) is 0 Å². The van der Waals surface area contributed by atoms with Gasteiger partial charge in [0.05, 0.1) is 17.6 Å². The van der Waals surface area contributed by atoms with Crippen molar-refractivity contribution in [1.29, 1.82) is 0 Å². The predicted molar refractivity (Wildman–Crippen MR) is 103 cm³/mol. The van der Waals surface area contributed by atoms with Crippen LogP contribution in [0.3, 0.4) is 0 Å². The number of amides is 1. The molecule has 1 aromatic heterocycles. The number of hydrogen-bond donors (Lipinski definition) is 1. The van der Waals surface area contributed by atoms with Gasteiger partial charge in [-0.15, -0.1) is 0 Å². The van der Waals surface area contributed by atoms with Crippen molar-refractivity contribution in [3.05, 3.63) is 41.1 Å². The Hall–Kier alpha value is -2.13. The number of alkyl halides is 3. The third kappa shape index (κ3) is 4.56. The van der Waals surface area contributed by atoms with E-state index < -0.39 is 11.9 Å². The Morgan fingerprint density at radius 3 is 2.83 bits per heavy atom. The Kier molecular flexibility index (Phi) is 5.78. The minimum absolute atomic E-state index is 0.0114. The molecule has 1 amide bonds. The number of nitrogens with zero attached hydrogens (tertiary/aromatic N) is 2. The molecule has 0 unspecified atom stereocenters. The molecule has 29 heavy (non-hydrogen) atoms. The van der Waals surface area contributed by atoms with Gasteiger partial charge >= 0.3 is 6.18 Å². The number of aryl methyl sites for hydroxylation is 1. The number of aromatic nitrogens is 2. The number of nitrogens with one attached hydrogen (secondary N) is 1. The number of carbonyl (C=O) groups excluding carboxylic acids is 1. The van der Waals surface area contributed by atoms with Crippen LogP contribution in [0.1, 0.15) is 29.7 Å². The summed E-state index contributed by atoms with van der Waals surface area (Å²) in [6.45, 7) is 1.10. The van der Waals surface area contributed by atoms with Gasteiger partial charge in [0.2, 0.25) is 5.91 Å². The van der Waals surface area contributed by atoms with Crippen LogP contribution >= 0.6 is 11.8 Å². The highest BCUT2D eigenvalue weighted by Crippen LogP contribution is 2.40. The minimum Gasteiger partial charge on any atom is -0.376 e. The topological polar surface area (TPSA) is 64.1 Å². The Labute approximate surface area is 170 Å². The molecule has 2 aromatic rings. The van der Waals surface area contributed by atoms with E-state index in [9.17, 15) is 18.0 Å². The fraction of sp³-hybridized carbons (Fsp3) is 0.450. The van der Waals surface area contributed by atoms with Crippen LogP contribution in [-0.4, -0.2) is 40.9 Å². The van der Waals surface area contributed by atoms with E-state index >= 15 is 0 Å². The average Bonchev–Trinajstić information content (AvgIpc) is 3.23. The van der Waals surface area contributed by atoms with E-state index in [2.05, 4.69) is 15.3 Å². The van der Waals surface area contributed by atoms with Crippen molar-refractivity contribution < 1.29 is 22.7 Å². The van der Waals surface area contributed by atoms with Gasteiger partial charge < -0.3 is 10.1 Å². The van der Waals surface area contributed by atoms with E-state index in [4.69, 9.17) is 4.74 Å². The van der Waals surface area contributed by atoms with Crippen molar-refractivity contribution in [2.45, 2.75) is 43.1 Å². The van der Waals surface area contributed by atoms with Crippen molar-refractivity contribution in [2.75, 3.05) is 18.9 Å². The van der Waals surface area contributed by atoms with E-state index in [-0.39, 0.29) is 34.9 Å². The standard InChI is InChI=1S/C20H20F3N3O2S/c21-20(22,23)18-15-8-7-12-4-1-2-6-14(12)17(15)25-19(26-18)29-11-16(27)24-10-13-5-3-9-28-13/h1-2,4,6,13H,3,5,7-11H2,(H,24,27)/t13-/m0/s1. The lowest BCUT2D eigenvalue weighted by atomic mass is 9.88. The second-order valence-corrected chi connectivity index (χ2v) is 8.01. The van der Waals surface area contributed by atoms with Gasteiger partial charge in [-0.2, -0.15) is 13.2 Å². The van der Waals surface area contributed by atoms with Crippen LogP contribution in [0, 0.1) is 0 Å². The predicted octanol–water partition coefficient (Wildman–Crippen LogP) is 3.65. The summed E-state index contributed by atoms with van der Waals surface area (Å²) in [6, 6.07) is 7.33. The van der Waals surface area contributed by atoms with Crippen molar-refractivity contribution in [3.8, 4) is 11.3 Å². The SMILES string of the molecule is O=C(CSc1nc2c(c(C(F)(F)F)n1)CCc1ccccc1-2)NC[C@@H]1CCCO1. The maximum Gasteiger partial charge on any atom is 0.433 e. The van der Waals surface area contributed by atoms with E-state index in [0.717, 1.165) is 30.2 Å². The molecule has 4 rings (SSSR count). The van der Waals surface area contributed by atoms with E-state index in [1.165, 1.54) is 0 Å². The fourth-order valence-electron chi connectivity index (χ4n) is 3.67. The highest BCUT2D eigenvalue weighted by molar-refractivity contribution is 7.99. The summed E-state index contributed by atoms with van der Waals surface area (Å²) in [6.07, 6.45) is -1.93. The Bertz CT molecular complexity index is 914. The summed E-state index contributed by atoms with van der Waals surface area (Å²) in [5, 5.41) is 2.71. The zero-order valence-corrected chi connectivity index (χ0v) is 16.4. The third-order valence-corrected chi connectivity index (χ3v) is 5.90. The normalized spacial score (nSPS) is 18.2. The lowest BCUT2D eigenvalue weighted by Gasteiger charge is -2.22. The van der Waals surface area contributed by atoms with Gasteiger partial charge in [0.15, 0.2) is 10.9 Å². The number of benzene rings is 1. The maximum atomic E-state index is 13.6. The average molecular weight is 423 g/mol. The number of hydrogen-bond acceptors (Lipinski definition) is 5. The highest BCUT2D eigenvalue weighted by atomic mass is 32.2. The van der Waals surface area contributed by atoms with Crippen LogP contribution in [0.5, 0.6) is 0 Å². The molecular weight excluding hydrogens is 403 g/mol. The van der Waals surface area contributed by atoms with E-state index in [0.29, 0.717) is 30.8 Å². The number of rotatable bonds is 5. The fourth-order valence-corrected chi connectivity index (χ4v) is 4.34. The molecule has 1 fully saturated rings. The summed E-state index contributed by atoms with van der Waals surface area (Å²) < 4.78 is 46.3. The second-order valence-electron chi connectivity index (χ2n) is 7.06. The lowest BCUT2D eigenvalue weighted by molar-refractivity contribution is -0.142. The molecule has 0 saturated carbocycles. The van der Waals surface area contributed by atoms with Crippen molar-refractivity contribution in [3.63, 3.8) is 0 Å². The first kappa shape index (κ1) is 20.2. The summed E-state index contributed by atoms with van der Waals surface area (Å²) in [4.78, 5) is 20.2. The smallest absolute Gasteiger partial charge is 0.376 e. The Balaban J connectivity index is 1.54. The van der Waals surface area contributed by atoms with Crippen LogP contribution in [0.25, 0.3) is 11.3 Å². The van der Waals surface area contributed by atoms with Crippen LogP contribution in [-0.2, 0) is 28.5 Å². The quantitative estimate of drug-likeness (QED) is 0.588. The second kappa shape index (κ2) is 8.31. The van der Waals surface area contributed by atoms with Crippen LogP contribution in [0.15, 0.2) is 29.4 Å². The van der Waals surface area contributed by atoms with E-state index in [1.54, 1.807) is 12.1 Å². The number of ether oxygens (including phenoxy) is 1. The minimum atomic E-state index is -4.57. The molecule has 2 heterocycles. The van der Waals surface area contributed by atoms with E-state index in [1.807, 2.05) is 12.1 Å². The summed E-state index contributed by atoms with van der Waals surface area (Å²) in [5.41, 5.74) is 1.21. The molecular formula is C20H20F3N3O2S.